The summed E-state index contributed by atoms with van der Waals surface area (Å²) < 4.78 is 1.86. The van der Waals surface area contributed by atoms with E-state index >= 15 is 0 Å². The first kappa shape index (κ1) is 12.3. The third-order valence-electron chi connectivity index (χ3n) is 3.94. The lowest BCUT2D eigenvalue weighted by Crippen LogP contribution is -2.33. The van der Waals surface area contributed by atoms with Gasteiger partial charge < -0.3 is 4.90 Å². The Morgan fingerprint density at radius 2 is 2.16 bits per heavy atom. The highest BCUT2D eigenvalue weighted by molar-refractivity contribution is 5.69. The number of anilines is 1. The standard InChI is InChI=1S/C16H21N3/c1-4-19-10-12(2)7-14-8-13(5-6-16(14)19)15-9-17-18(3)11-15/h5-6,8-9,11-12H,4,7,10H2,1-3H3. The highest BCUT2D eigenvalue weighted by Crippen LogP contribution is 2.33. The number of rotatable bonds is 2. The van der Waals surface area contributed by atoms with E-state index in [9.17, 15) is 0 Å². The van der Waals surface area contributed by atoms with Crippen LogP contribution in [0.4, 0.5) is 5.69 Å². The Kier molecular flexibility index (Phi) is 3.05. The second-order valence-corrected chi connectivity index (χ2v) is 5.59. The van der Waals surface area contributed by atoms with Gasteiger partial charge in [0.25, 0.3) is 0 Å². The quantitative estimate of drug-likeness (QED) is 0.822. The van der Waals surface area contributed by atoms with E-state index < -0.39 is 0 Å². The molecular formula is C16H21N3. The molecule has 1 aromatic carbocycles. The Hall–Kier alpha value is -1.77. The molecule has 0 N–H and O–H groups in total. The fraction of sp³-hybridized carbons (Fsp3) is 0.438. The first-order valence-corrected chi connectivity index (χ1v) is 7.04. The predicted octanol–water partition coefficient (Wildman–Crippen LogP) is 3.11. The molecule has 2 heterocycles. The van der Waals surface area contributed by atoms with Gasteiger partial charge in [-0.15, -0.1) is 0 Å². The largest absolute Gasteiger partial charge is 0.371 e. The van der Waals surface area contributed by atoms with Gasteiger partial charge in [-0.05, 0) is 42.5 Å². The Labute approximate surface area is 114 Å². The van der Waals surface area contributed by atoms with Gasteiger partial charge in [0, 0.05) is 37.6 Å². The molecule has 0 spiro atoms. The van der Waals surface area contributed by atoms with Crippen molar-refractivity contribution in [3.05, 3.63) is 36.2 Å². The molecule has 19 heavy (non-hydrogen) atoms. The van der Waals surface area contributed by atoms with Gasteiger partial charge in [-0.1, -0.05) is 13.0 Å². The van der Waals surface area contributed by atoms with Crippen molar-refractivity contribution in [2.45, 2.75) is 20.3 Å². The lowest BCUT2D eigenvalue weighted by Gasteiger charge is -2.34. The molecule has 2 aromatic rings. The van der Waals surface area contributed by atoms with Crippen LogP contribution in [0, 0.1) is 5.92 Å². The molecule has 3 nitrogen and oxygen atoms in total. The number of benzene rings is 1. The Bertz CT molecular complexity index is 585. The maximum Gasteiger partial charge on any atom is 0.0568 e. The van der Waals surface area contributed by atoms with Gasteiger partial charge in [-0.25, -0.2) is 0 Å². The van der Waals surface area contributed by atoms with E-state index in [2.05, 4.69) is 48.2 Å². The van der Waals surface area contributed by atoms with Gasteiger partial charge in [0.1, 0.15) is 0 Å². The predicted molar refractivity (Wildman–Crippen MR) is 79.4 cm³/mol. The van der Waals surface area contributed by atoms with E-state index in [1.807, 2.05) is 17.9 Å². The molecule has 1 unspecified atom stereocenters. The van der Waals surface area contributed by atoms with E-state index in [-0.39, 0.29) is 0 Å². The molecule has 1 aliphatic heterocycles. The minimum atomic E-state index is 0.733. The topological polar surface area (TPSA) is 21.1 Å². The molecule has 0 fully saturated rings. The first-order valence-electron chi connectivity index (χ1n) is 7.04. The van der Waals surface area contributed by atoms with Crippen LogP contribution in [0.25, 0.3) is 11.1 Å². The molecule has 100 valence electrons. The summed E-state index contributed by atoms with van der Waals surface area (Å²) in [7, 11) is 1.96. The van der Waals surface area contributed by atoms with Crippen LogP contribution in [0.15, 0.2) is 30.6 Å². The summed E-state index contributed by atoms with van der Waals surface area (Å²) in [5.74, 6) is 0.733. The van der Waals surface area contributed by atoms with Crippen molar-refractivity contribution < 1.29 is 0 Å². The van der Waals surface area contributed by atoms with Crippen molar-refractivity contribution in [3.63, 3.8) is 0 Å². The van der Waals surface area contributed by atoms with Crippen LogP contribution in [-0.2, 0) is 13.5 Å². The molecule has 0 aliphatic carbocycles. The van der Waals surface area contributed by atoms with Crippen molar-refractivity contribution in [2.75, 3.05) is 18.0 Å². The molecule has 0 radical (unpaired) electrons. The average Bonchev–Trinajstić information content (AvgIpc) is 2.83. The number of hydrogen-bond donors (Lipinski definition) is 0. The highest BCUT2D eigenvalue weighted by Gasteiger charge is 2.20. The fourth-order valence-electron chi connectivity index (χ4n) is 3.02. The maximum absolute atomic E-state index is 4.26. The smallest absolute Gasteiger partial charge is 0.0568 e. The van der Waals surface area contributed by atoms with Crippen LogP contribution in [0.5, 0.6) is 0 Å². The number of hydrogen-bond acceptors (Lipinski definition) is 2. The molecule has 0 saturated heterocycles. The number of aryl methyl sites for hydroxylation is 1. The molecular weight excluding hydrogens is 234 g/mol. The van der Waals surface area contributed by atoms with E-state index in [0.29, 0.717) is 0 Å². The van der Waals surface area contributed by atoms with Crippen molar-refractivity contribution in [2.24, 2.45) is 13.0 Å². The molecule has 1 atom stereocenters. The van der Waals surface area contributed by atoms with Crippen molar-refractivity contribution >= 4 is 5.69 Å². The molecule has 3 heteroatoms. The minimum Gasteiger partial charge on any atom is -0.371 e. The summed E-state index contributed by atoms with van der Waals surface area (Å²) in [6, 6.07) is 6.83. The second-order valence-electron chi connectivity index (χ2n) is 5.59. The average molecular weight is 255 g/mol. The maximum atomic E-state index is 4.26. The van der Waals surface area contributed by atoms with Crippen molar-refractivity contribution in [3.8, 4) is 11.1 Å². The summed E-state index contributed by atoms with van der Waals surface area (Å²) in [6.45, 7) is 6.83. The van der Waals surface area contributed by atoms with Crippen LogP contribution >= 0.6 is 0 Å². The van der Waals surface area contributed by atoms with Crippen LogP contribution in [0.1, 0.15) is 19.4 Å². The summed E-state index contributed by atoms with van der Waals surface area (Å²) in [5.41, 5.74) is 5.36. The van der Waals surface area contributed by atoms with Crippen LogP contribution in [-0.4, -0.2) is 22.9 Å². The second kappa shape index (κ2) is 4.72. The minimum absolute atomic E-state index is 0.733. The Morgan fingerprint density at radius 3 is 2.84 bits per heavy atom. The van der Waals surface area contributed by atoms with Crippen LogP contribution in [0.2, 0.25) is 0 Å². The molecule has 1 aromatic heterocycles. The summed E-state index contributed by atoms with van der Waals surface area (Å²) >= 11 is 0. The van der Waals surface area contributed by atoms with E-state index in [4.69, 9.17) is 0 Å². The lowest BCUT2D eigenvalue weighted by atomic mass is 9.91. The zero-order valence-corrected chi connectivity index (χ0v) is 11.9. The van der Waals surface area contributed by atoms with Gasteiger partial charge in [-0.3, -0.25) is 4.68 Å². The SMILES string of the molecule is CCN1CC(C)Cc2cc(-c3cnn(C)c3)ccc21. The summed E-state index contributed by atoms with van der Waals surface area (Å²) in [4.78, 5) is 2.48. The lowest BCUT2D eigenvalue weighted by molar-refractivity contribution is 0.538. The molecule has 1 aliphatic rings. The van der Waals surface area contributed by atoms with Crippen molar-refractivity contribution in [1.82, 2.24) is 9.78 Å². The van der Waals surface area contributed by atoms with Crippen LogP contribution in [0.3, 0.4) is 0 Å². The zero-order chi connectivity index (χ0) is 13.4. The molecule has 0 amide bonds. The van der Waals surface area contributed by atoms with Gasteiger partial charge in [0.15, 0.2) is 0 Å². The van der Waals surface area contributed by atoms with Gasteiger partial charge in [0.05, 0.1) is 6.20 Å². The molecule has 0 bridgehead atoms. The molecule has 3 rings (SSSR count). The van der Waals surface area contributed by atoms with Crippen molar-refractivity contribution in [1.29, 1.82) is 0 Å². The number of nitrogens with zero attached hydrogens (tertiary/aromatic N) is 3. The number of fused-ring (bicyclic) bond motifs is 1. The van der Waals surface area contributed by atoms with Crippen LogP contribution < -0.4 is 4.90 Å². The van der Waals surface area contributed by atoms with Gasteiger partial charge in [-0.2, -0.15) is 5.10 Å². The third-order valence-corrected chi connectivity index (χ3v) is 3.94. The van der Waals surface area contributed by atoms with E-state index in [1.165, 1.54) is 35.3 Å². The number of aromatic nitrogens is 2. The highest BCUT2D eigenvalue weighted by atomic mass is 15.2. The summed E-state index contributed by atoms with van der Waals surface area (Å²) in [6.07, 6.45) is 5.19. The molecule has 0 saturated carbocycles. The summed E-state index contributed by atoms with van der Waals surface area (Å²) in [5, 5.41) is 4.26. The third kappa shape index (κ3) is 2.25. The zero-order valence-electron chi connectivity index (χ0n) is 11.9. The monoisotopic (exact) mass is 255 g/mol. The Morgan fingerprint density at radius 1 is 1.32 bits per heavy atom. The van der Waals surface area contributed by atoms with E-state index in [1.54, 1.807) is 0 Å². The van der Waals surface area contributed by atoms with E-state index in [0.717, 1.165) is 12.5 Å². The van der Waals surface area contributed by atoms with Gasteiger partial charge in [0.2, 0.25) is 0 Å². The fourth-order valence-corrected chi connectivity index (χ4v) is 3.02. The first-order chi connectivity index (χ1) is 9.17. The Balaban J connectivity index is 2.01. The normalized spacial score (nSPS) is 18.5. The van der Waals surface area contributed by atoms with Gasteiger partial charge >= 0.3 is 0 Å².